The van der Waals surface area contributed by atoms with Crippen LogP contribution in [-0.4, -0.2) is 105 Å². The summed E-state index contributed by atoms with van der Waals surface area (Å²) in [5.74, 6) is -0.847. The molecule has 6 aliphatic heterocycles. The van der Waals surface area contributed by atoms with Gasteiger partial charge < -0.3 is 20.4 Å². The van der Waals surface area contributed by atoms with Gasteiger partial charge in [-0.25, -0.2) is 19.3 Å². The van der Waals surface area contributed by atoms with Gasteiger partial charge in [0.1, 0.15) is 34.2 Å². The number of amides is 5. The summed E-state index contributed by atoms with van der Waals surface area (Å²) >= 11 is 7.52. The predicted molar refractivity (Wildman–Crippen MR) is 220 cm³/mol. The zero-order chi connectivity index (χ0) is 41.1. The van der Waals surface area contributed by atoms with Crippen LogP contribution in [0.5, 0.6) is 0 Å². The molecule has 2 aromatic heterocycles. The van der Waals surface area contributed by atoms with Crippen LogP contribution in [0.3, 0.4) is 0 Å². The number of nitrogens with one attached hydrogen (secondary N) is 3. The monoisotopic (exact) mass is 840 g/mol. The lowest BCUT2D eigenvalue weighted by molar-refractivity contribution is -0.136. The number of carbonyl (C=O) groups is 5. The van der Waals surface area contributed by atoms with E-state index in [0.29, 0.717) is 50.5 Å². The van der Waals surface area contributed by atoms with Gasteiger partial charge in [-0.1, -0.05) is 35.1 Å². The number of carbonyl (C=O) groups excluding carboxylic acids is 5. The molecule has 15 nitrogen and oxygen atoms in total. The lowest BCUT2D eigenvalue weighted by Gasteiger charge is -2.53. The van der Waals surface area contributed by atoms with Crippen molar-refractivity contribution in [2.24, 2.45) is 5.92 Å². The number of anilines is 5. The van der Waals surface area contributed by atoms with E-state index in [9.17, 15) is 24.0 Å². The molecule has 8 heterocycles. The molecular formula is C41H42ClFN10O5S. The van der Waals surface area contributed by atoms with Crippen molar-refractivity contribution in [3.63, 3.8) is 0 Å². The second-order valence-electron chi connectivity index (χ2n) is 15.9. The molecule has 6 aliphatic rings. The average molecular weight is 841 g/mol. The van der Waals surface area contributed by atoms with Gasteiger partial charge in [0.15, 0.2) is 5.13 Å². The molecule has 0 radical (unpaired) electrons. The largest absolute Gasteiger partial charge is 0.363 e. The van der Waals surface area contributed by atoms with Crippen molar-refractivity contribution >= 4 is 80.6 Å². The van der Waals surface area contributed by atoms with Gasteiger partial charge in [0, 0.05) is 57.3 Å². The molecule has 306 valence electrons. The summed E-state index contributed by atoms with van der Waals surface area (Å²) in [7, 11) is 0. The van der Waals surface area contributed by atoms with E-state index in [1.165, 1.54) is 23.6 Å². The number of para-hydroxylation sites is 1. The molecule has 2 aromatic carbocycles. The van der Waals surface area contributed by atoms with Crippen molar-refractivity contribution in [1.82, 2.24) is 30.1 Å². The number of hydrogen-bond acceptors (Lipinski definition) is 13. The molecule has 2 bridgehead atoms. The van der Waals surface area contributed by atoms with E-state index in [1.807, 2.05) is 36.9 Å². The normalized spacial score (nSPS) is 22.2. The summed E-state index contributed by atoms with van der Waals surface area (Å²) < 4.78 is 15.8. The van der Waals surface area contributed by atoms with Crippen molar-refractivity contribution in [2.45, 2.75) is 70.5 Å². The number of thiazole rings is 1. The number of benzene rings is 2. The summed E-state index contributed by atoms with van der Waals surface area (Å²) in [6.45, 7) is 7.73. The van der Waals surface area contributed by atoms with Crippen LogP contribution < -0.4 is 25.8 Å². The molecule has 0 aliphatic carbocycles. The third-order valence-electron chi connectivity index (χ3n) is 12.1. The van der Waals surface area contributed by atoms with E-state index < -0.39 is 35.5 Å². The minimum Gasteiger partial charge on any atom is -0.363 e. The van der Waals surface area contributed by atoms with Crippen molar-refractivity contribution in [3.8, 4) is 0 Å². The van der Waals surface area contributed by atoms with Gasteiger partial charge in [0.05, 0.1) is 33.7 Å². The Labute approximate surface area is 348 Å². The lowest BCUT2D eigenvalue weighted by Crippen LogP contribution is -2.63. The zero-order valence-electron chi connectivity index (χ0n) is 32.5. The Morgan fingerprint density at radius 1 is 0.966 bits per heavy atom. The molecule has 5 saturated heterocycles. The highest BCUT2D eigenvalue weighted by Crippen LogP contribution is 2.39. The maximum absolute atomic E-state index is 15.8. The van der Waals surface area contributed by atoms with Crippen molar-refractivity contribution < 1.29 is 28.4 Å². The third-order valence-corrected chi connectivity index (χ3v) is 13.4. The fourth-order valence-electron chi connectivity index (χ4n) is 9.10. The first kappa shape index (κ1) is 39.0. The van der Waals surface area contributed by atoms with Gasteiger partial charge in [-0.3, -0.25) is 39.1 Å². The maximum Gasteiger partial charge on any atom is 0.267 e. The number of imide groups is 2. The number of halogens is 2. The Hall–Kier alpha value is -5.52. The van der Waals surface area contributed by atoms with Gasteiger partial charge in [-0.15, -0.1) is 0 Å². The second-order valence-corrected chi connectivity index (χ2v) is 17.4. The van der Waals surface area contributed by atoms with E-state index >= 15 is 4.39 Å². The molecule has 3 unspecified atom stereocenters. The van der Waals surface area contributed by atoms with Gasteiger partial charge in [-0.05, 0) is 75.6 Å². The number of aromatic nitrogens is 3. The minimum atomic E-state index is -1.10. The number of rotatable bonds is 9. The Morgan fingerprint density at radius 2 is 1.73 bits per heavy atom. The van der Waals surface area contributed by atoms with Crippen LogP contribution in [0.1, 0.15) is 80.3 Å². The number of piperazine rings is 1. The standard InChI is InChI=1S/C41H42ClFN10O5S/c1-21-4-3-5-28(42)36(21)49-38(56)32-17-44-41(59-32)47-33-16-34(46-22(2)45-33)50-12-10-23(11-13-50)18-51-19-25-7-6-24(51)20-52(25)31-15-27-26(14-29(31)43)39(57)53(40(27)58)30-8-9-35(54)48-37(30)55/h3-5,14-17,23-25,30H,6-13,18-20H2,1-2H3,(H,49,56)(H,48,54,55)(H,44,45,46,47). The Morgan fingerprint density at radius 3 is 2.46 bits per heavy atom. The van der Waals surface area contributed by atoms with Crippen LogP contribution in [0.2, 0.25) is 5.02 Å². The molecular weight excluding hydrogens is 799 g/mol. The van der Waals surface area contributed by atoms with Crippen LogP contribution in [-0.2, 0) is 9.59 Å². The molecule has 0 saturated carbocycles. The van der Waals surface area contributed by atoms with E-state index in [2.05, 4.69) is 35.7 Å². The number of aryl methyl sites for hydroxylation is 2. The highest BCUT2D eigenvalue weighted by atomic mass is 35.5. The smallest absolute Gasteiger partial charge is 0.267 e. The van der Waals surface area contributed by atoms with Gasteiger partial charge in [-0.2, -0.15) is 0 Å². The van der Waals surface area contributed by atoms with Crippen LogP contribution in [0.25, 0.3) is 0 Å². The van der Waals surface area contributed by atoms with E-state index in [4.69, 9.17) is 16.6 Å². The molecule has 5 amide bonds. The van der Waals surface area contributed by atoms with E-state index in [-0.39, 0.29) is 42.0 Å². The molecule has 18 heteroatoms. The zero-order valence-corrected chi connectivity index (χ0v) is 34.0. The Balaban J connectivity index is 0.798. The quantitative estimate of drug-likeness (QED) is 0.186. The fraction of sp³-hybridized carbons (Fsp3) is 0.415. The molecule has 10 rings (SSSR count). The molecule has 59 heavy (non-hydrogen) atoms. The van der Waals surface area contributed by atoms with Gasteiger partial charge >= 0.3 is 0 Å². The number of hydrogen-bond donors (Lipinski definition) is 3. The average Bonchev–Trinajstić information content (AvgIpc) is 3.77. The fourth-order valence-corrected chi connectivity index (χ4v) is 10.1. The number of piperidine rings is 4. The topological polar surface area (TPSA) is 173 Å². The summed E-state index contributed by atoms with van der Waals surface area (Å²) in [5.41, 5.74) is 1.77. The second kappa shape index (κ2) is 15.6. The SMILES string of the molecule is Cc1nc(Nc2ncc(C(=O)Nc3c(C)cccc3Cl)s2)cc(N2CCC(CN3CC4CCC3CN4c3cc4c(cc3F)C(=O)N(C3CCC(=O)NC3=O)C4=O)CC2)n1. The Kier molecular flexibility index (Phi) is 10.3. The molecule has 3 atom stereocenters. The van der Waals surface area contributed by atoms with Gasteiger partial charge in [0.25, 0.3) is 17.7 Å². The summed E-state index contributed by atoms with van der Waals surface area (Å²) in [6.07, 6.45) is 5.44. The molecule has 0 spiro atoms. The third kappa shape index (κ3) is 7.51. The first-order valence-electron chi connectivity index (χ1n) is 19.9. The summed E-state index contributed by atoms with van der Waals surface area (Å²) in [6, 6.07) is 9.13. The number of nitrogens with zero attached hydrogens (tertiary/aromatic N) is 7. The molecule has 4 aromatic rings. The Bertz CT molecular complexity index is 2380. The lowest BCUT2D eigenvalue weighted by atomic mass is 9.87. The summed E-state index contributed by atoms with van der Waals surface area (Å²) in [4.78, 5) is 85.8. The molecule has 5 fully saturated rings. The van der Waals surface area contributed by atoms with Crippen LogP contribution in [0, 0.1) is 25.6 Å². The highest BCUT2D eigenvalue weighted by Gasteiger charge is 2.47. The first-order valence-corrected chi connectivity index (χ1v) is 21.1. The van der Waals surface area contributed by atoms with Crippen LogP contribution >= 0.6 is 22.9 Å². The van der Waals surface area contributed by atoms with Crippen molar-refractivity contribution in [3.05, 3.63) is 80.8 Å². The van der Waals surface area contributed by atoms with Gasteiger partial charge in [0.2, 0.25) is 11.8 Å². The van der Waals surface area contributed by atoms with Crippen molar-refractivity contribution in [1.29, 1.82) is 0 Å². The maximum atomic E-state index is 15.8. The molecule has 3 N–H and O–H groups in total. The first-order chi connectivity index (χ1) is 28.4. The highest BCUT2D eigenvalue weighted by molar-refractivity contribution is 7.17. The predicted octanol–water partition coefficient (Wildman–Crippen LogP) is 5.31. The van der Waals surface area contributed by atoms with Crippen LogP contribution in [0.4, 0.5) is 32.5 Å². The van der Waals surface area contributed by atoms with E-state index in [1.54, 1.807) is 6.07 Å². The summed E-state index contributed by atoms with van der Waals surface area (Å²) in [5, 5.41) is 9.33. The van der Waals surface area contributed by atoms with E-state index in [0.717, 1.165) is 74.2 Å². The van der Waals surface area contributed by atoms with Crippen molar-refractivity contribution in [2.75, 3.05) is 53.2 Å². The number of fused-ring (bicyclic) bond motifs is 4. The minimum absolute atomic E-state index is 0.0168. The van der Waals surface area contributed by atoms with Crippen LogP contribution in [0.15, 0.2) is 42.6 Å².